The van der Waals surface area contributed by atoms with E-state index < -0.39 is 10.2 Å². The summed E-state index contributed by atoms with van der Waals surface area (Å²) >= 11 is 0. The van der Waals surface area contributed by atoms with Gasteiger partial charge in [-0.25, -0.2) is 0 Å². The van der Waals surface area contributed by atoms with Crippen LogP contribution in [0.2, 0.25) is 0 Å². The van der Waals surface area contributed by atoms with Crippen molar-refractivity contribution in [2.75, 3.05) is 40.3 Å². The first kappa shape index (κ1) is 17.7. The SMILES string of the molecule is COc1ccccc1C1CNCCN1S(=O)(=O)N(C)CCC#N. The minimum Gasteiger partial charge on any atom is -0.496 e. The van der Waals surface area contributed by atoms with Crippen LogP contribution in [0.4, 0.5) is 0 Å². The standard InChI is InChI=1S/C15H22N4O3S/c1-18(10-5-8-16)23(20,21)19-11-9-17-12-14(19)13-6-3-4-7-15(13)22-2/h3-4,6-7,14,17H,5,9-12H2,1-2H3. The number of hydrogen-bond donors (Lipinski definition) is 1. The third kappa shape index (κ3) is 3.82. The molecule has 0 spiro atoms. The van der Waals surface area contributed by atoms with E-state index in [1.54, 1.807) is 7.11 Å². The normalized spacial score (nSPS) is 19.5. The van der Waals surface area contributed by atoms with E-state index in [4.69, 9.17) is 10.00 Å². The van der Waals surface area contributed by atoms with Crippen molar-refractivity contribution in [1.29, 1.82) is 5.26 Å². The van der Waals surface area contributed by atoms with E-state index in [0.717, 1.165) is 5.56 Å². The zero-order valence-electron chi connectivity index (χ0n) is 13.4. The number of piperazine rings is 1. The van der Waals surface area contributed by atoms with Gasteiger partial charge in [0.1, 0.15) is 5.75 Å². The molecule has 1 unspecified atom stereocenters. The van der Waals surface area contributed by atoms with Gasteiger partial charge in [0.25, 0.3) is 10.2 Å². The molecule has 1 saturated heterocycles. The quantitative estimate of drug-likeness (QED) is 0.826. The molecule has 1 aromatic rings. The number of benzene rings is 1. The largest absolute Gasteiger partial charge is 0.496 e. The maximum atomic E-state index is 12.8. The van der Waals surface area contributed by atoms with Crippen molar-refractivity contribution in [2.45, 2.75) is 12.5 Å². The van der Waals surface area contributed by atoms with Crippen molar-refractivity contribution in [3.63, 3.8) is 0 Å². The summed E-state index contributed by atoms with van der Waals surface area (Å²) < 4.78 is 33.8. The van der Waals surface area contributed by atoms with Crippen LogP contribution in [-0.2, 0) is 10.2 Å². The summed E-state index contributed by atoms with van der Waals surface area (Å²) in [5.74, 6) is 0.668. The summed E-state index contributed by atoms with van der Waals surface area (Å²) in [6.45, 7) is 1.67. The number of ether oxygens (including phenoxy) is 1. The topological polar surface area (TPSA) is 85.7 Å². The molecule has 0 radical (unpaired) electrons. The van der Waals surface area contributed by atoms with Crippen LogP contribution in [0, 0.1) is 11.3 Å². The predicted octanol–water partition coefficient (Wildman–Crippen LogP) is 0.732. The van der Waals surface area contributed by atoms with Crippen LogP contribution < -0.4 is 10.1 Å². The van der Waals surface area contributed by atoms with Crippen LogP contribution in [0.5, 0.6) is 5.75 Å². The first-order valence-corrected chi connectivity index (χ1v) is 8.85. The van der Waals surface area contributed by atoms with Gasteiger partial charge >= 0.3 is 0 Å². The fraction of sp³-hybridized carbons (Fsp3) is 0.533. The zero-order chi connectivity index (χ0) is 16.9. The highest BCUT2D eigenvalue weighted by atomic mass is 32.2. The highest BCUT2D eigenvalue weighted by Crippen LogP contribution is 2.32. The number of nitrogens with zero attached hydrogens (tertiary/aromatic N) is 3. The van der Waals surface area contributed by atoms with Gasteiger partial charge < -0.3 is 10.1 Å². The van der Waals surface area contributed by atoms with Crippen molar-refractivity contribution in [2.24, 2.45) is 0 Å². The van der Waals surface area contributed by atoms with Gasteiger partial charge in [-0.05, 0) is 6.07 Å². The summed E-state index contributed by atoms with van der Waals surface area (Å²) in [4.78, 5) is 0. The molecule has 1 fully saturated rings. The van der Waals surface area contributed by atoms with E-state index in [9.17, 15) is 8.42 Å². The van der Waals surface area contributed by atoms with Crippen LogP contribution in [-0.4, -0.2) is 57.4 Å². The Morgan fingerprint density at radius 3 is 2.91 bits per heavy atom. The van der Waals surface area contributed by atoms with E-state index >= 15 is 0 Å². The Labute approximate surface area is 137 Å². The van der Waals surface area contributed by atoms with Crippen molar-refractivity contribution in [3.05, 3.63) is 29.8 Å². The summed E-state index contributed by atoms with van der Waals surface area (Å²) in [5.41, 5.74) is 0.833. The van der Waals surface area contributed by atoms with E-state index in [-0.39, 0.29) is 19.0 Å². The Morgan fingerprint density at radius 1 is 1.48 bits per heavy atom. The molecule has 2 rings (SSSR count). The molecule has 1 heterocycles. The number of nitrogens with one attached hydrogen (secondary N) is 1. The molecule has 1 atom stereocenters. The summed E-state index contributed by atoms with van der Waals surface area (Å²) in [6.07, 6.45) is 0.168. The van der Waals surface area contributed by atoms with Gasteiger partial charge in [0.05, 0.1) is 19.2 Å². The van der Waals surface area contributed by atoms with Gasteiger partial charge in [-0.1, -0.05) is 18.2 Å². The number of methoxy groups -OCH3 is 1. The lowest BCUT2D eigenvalue weighted by Gasteiger charge is -2.37. The first-order chi connectivity index (χ1) is 11.0. The third-order valence-corrected chi connectivity index (χ3v) is 5.92. The predicted molar refractivity (Wildman–Crippen MR) is 87.1 cm³/mol. The molecule has 0 saturated carbocycles. The second-order valence-corrected chi connectivity index (χ2v) is 7.30. The summed E-state index contributed by atoms with van der Waals surface area (Å²) in [6, 6.07) is 9.08. The molecule has 0 aromatic heterocycles. The lowest BCUT2D eigenvalue weighted by atomic mass is 10.0. The van der Waals surface area contributed by atoms with Crippen LogP contribution in [0.1, 0.15) is 18.0 Å². The minimum absolute atomic E-state index is 0.168. The fourth-order valence-corrected chi connectivity index (χ4v) is 4.18. The third-order valence-electron chi connectivity index (χ3n) is 3.92. The van der Waals surface area contributed by atoms with Gasteiger partial charge in [-0.3, -0.25) is 0 Å². The Balaban J connectivity index is 2.33. The maximum Gasteiger partial charge on any atom is 0.282 e. The fourth-order valence-electron chi connectivity index (χ4n) is 2.67. The van der Waals surface area contributed by atoms with E-state index in [2.05, 4.69) is 5.32 Å². The smallest absolute Gasteiger partial charge is 0.282 e. The van der Waals surface area contributed by atoms with Crippen LogP contribution in [0.15, 0.2) is 24.3 Å². The van der Waals surface area contributed by atoms with Gasteiger partial charge in [-0.2, -0.15) is 22.3 Å². The number of para-hydroxylation sites is 1. The number of nitriles is 1. The highest BCUT2D eigenvalue weighted by Gasteiger charge is 2.36. The molecular formula is C15H22N4O3S. The Bertz CT molecular complexity index is 672. The molecule has 0 amide bonds. The van der Waals surface area contributed by atoms with Crippen molar-refractivity contribution in [1.82, 2.24) is 13.9 Å². The molecule has 0 bridgehead atoms. The van der Waals surface area contributed by atoms with Gasteiger partial charge in [0, 0.05) is 45.2 Å². The van der Waals surface area contributed by atoms with Crippen molar-refractivity contribution < 1.29 is 13.2 Å². The molecular weight excluding hydrogens is 316 g/mol. The maximum absolute atomic E-state index is 12.8. The second kappa shape index (κ2) is 7.75. The second-order valence-electron chi connectivity index (χ2n) is 5.31. The zero-order valence-corrected chi connectivity index (χ0v) is 14.2. The average molecular weight is 338 g/mol. The van der Waals surface area contributed by atoms with Gasteiger partial charge in [-0.15, -0.1) is 0 Å². The van der Waals surface area contributed by atoms with Crippen LogP contribution in [0.25, 0.3) is 0 Å². The molecule has 7 nitrogen and oxygen atoms in total. The van der Waals surface area contributed by atoms with Crippen LogP contribution in [0.3, 0.4) is 0 Å². The molecule has 1 aliphatic rings. The van der Waals surface area contributed by atoms with E-state index in [0.29, 0.717) is 25.4 Å². The number of rotatable bonds is 6. The van der Waals surface area contributed by atoms with Crippen molar-refractivity contribution >= 4 is 10.2 Å². The molecule has 1 N–H and O–H groups in total. The number of hydrogen-bond acceptors (Lipinski definition) is 5. The highest BCUT2D eigenvalue weighted by molar-refractivity contribution is 7.86. The molecule has 23 heavy (non-hydrogen) atoms. The van der Waals surface area contributed by atoms with Crippen molar-refractivity contribution in [3.8, 4) is 11.8 Å². The Kier molecular flexibility index (Phi) is 5.96. The van der Waals surface area contributed by atoms with Crippen LogP contribution >= 0.6 is 0 Å². The Morgan fingerprint density at radius 2 is 2.22 bits per heavy atom. The van der Waals surface area contributed by atoms with Gasteiger partial charge in [0.2, 0.25) is 0 Å². The molecule has 126 valence electrons. The van der Waals surface area contributed by atoms with E-state index in [1.165, 1.54) is 15.7 Å². The lowest BCUT2D eigenvalue weighted by molar-refractivity contribution is 0.248. The average Bonchev–Trinajstić information content (AvgIpc) is 2.59. The summed E-state index contributed by atoms with van der Waals surface area (Å²) in [7, 11) is -0.552. The first-order valence-electron chi connectivity index (χ1n) is 7.46. The van der Waals surface area contributed by atoms with E-state index in [1.807, 2.05) is 30.3 Å². The molecule has 1 aliphatic heterocycles. The monoisotopic (exact) mass is 338 g/mol. The van der Waals surface area contributed by atoms with Gasteiger partial charge in [0.15, 0.2) is 0 Å². The molecule has 0 aliphatic carbocycles. The lowest BCUT2D eigenvalue weighted by Crippen LogP contribution is -2.52. The summed E-state index contributed by atoms with van der Waals surface area (Å²) in [5, 5.41) is 11.9. The Hall–Kier alpha value is -1.66. The molecule has 1 aromatic carbocycles. The molecule has 8 heteroatoms. The minimum atomic E-state index is -3.64.